The highest BCUT2D eigenvalue weighted by Crippen LogP contribution is 2.34. The molecule has 0 N–H and O–H groups in total. The Kier molecular flexibility index (Phi) is 4.79. The Labute approximate surface area is 125 Å². The van der Waals surface area contributed by atoms with E-state index in [0.717, 1.165) is 11.3 Å². The molecule has 0 amide bonds. The fourth-order valence-electron chi connectivity index (χ4n) is 2.86. The SMILES string of the molecule is COc1ccc(C(=O)C([S+]2CCCC2)C(C)(C)C)cc1. The predicted octanol–water partition coefficient (Wildman–Crippen LogP) is 3.70. The zero-order chi connectivity index (χ0) is 14.8. The maximum absolute atomic E-state index is 12.9. The molecule has 1 aliphatic heterocycles. The van der Waals surface area contributed by atoms with Crippen LogP contribution in [0.2, 0.25) is 0 Å². The lowest BCUT2D eigenvalue weighted by Crippen LogP contribution is -2.42. The molecule has 1 atom stereocenters. The van der Waals surface area contributed by atoms with Gasteiger partial charge in [-0.1, -0.05) is 20.8 Å². The van der Waals surface area contributed by atoms with Crippen LogP contribution in [0.3, 0.4) is 0 Å². The number of Topliss-reactive ketones (excluding diaryl/α,β-unsaturated/α-hetero) is 1. The van der Waals surface area contributed by atoms with Crippen molar-refractivity contribution >= 4 is 16.7 Å². The normalized spacial score (nSPS) is 18.0. The largest absolute Gasteiger partial charge is 0.497 e. The number of hydrogen-bond donors (Lipinski definition) is 0. The van der Waals surface area contributed by atoms with Crippen molar-refractivity contribution < 1.29 is 9.53 Å². The van der Waals surface area contributed by atoms with Gasteiger partial charge >= 0.3 is 0 Å². The van der Waals surface area contributed by atoms with Crippen LogP contribution in [0.1, 0.15) is 44.0 Å². The van der Waals surface area contributed by atoms with Gasteiger partial charge in [0.2, 0.25) is 5.78 Å². The van der Waals surface area contributed by atoms with E-state index in [2.05, 4.69) is 20.8 Å². The first kappa shape index (κ1) is 15.4. The lowest BCUT2D eigenvalue weighted by molar-refractivity contribution is 0.0949. The molecule has 0 radical (unpaired) electrons. The van der Waals surface area contributed by atoms with E-state index >= 15 is 0 Å². The number of ketones is 1. The van der Waals surface area contributed by atoms with Crippen LogP contribution < -0.4 is 4.74 Å². The van der Waals surface area contributed by atoms with Crippen molar-refractivity contribution in [3.8, 4) is 5.75 Å². The molecular weight excluding hydrogens is 268 g/mol. The van der Waals surface area contributed by atoms with Crippen molar-refractivity contribution in [2.75, 3.05) is 18.6 Å². The molecule has 2 nitrogen and oxygen atoms in total. The van der Waals surface area contributed by atoms with Gasteiger partial charge < -0.3 is 4.74 Å². The van der Waals surface area contributed by atoms with Gasteiger partial charge in [-0.3, -0.25) is 4.79 Å². The summed E-state index contributed by atoms with van der Waals surface area (Å²) in [5.41, 5.74) is 0.856. The average Bonchev–Trinajstić information content (AvgIpc) is 2.91. The highest BCUT2D eigenvalue weighted by atomic mass is 32.2. The van der Waals surface area contributed by atoms with Crippen molar-refractivity contribution in [3.05, 3.63) is 29.8 Å². The zero-order valence-corrected chi connectivity index (χ0v) is 13.8. The summed E-state index contributed by atoms with van der Waals surface area (Å²) in [7, 11) is 1.89. The van der Waals surface area contributed by atoms with Crippen LogP contribution in [-0.2, 0) is 10.9 Å². The molecule has 0 saturated carbocycles. The number of benzene rings is 1. The van der Waals surface area contributed by atoms with E-state index in [1.165, 1.54) is 24.3 Å². The lowest BCUT2D eigenvalue weighted by Gasteiger charge is -2.27. The maximum Gasteiger partial charge on any atom is 0.215 e. The minimum absolute atomic E-state index is 0.0322. The molecule has 3 heteroatoms. The van der Waals surface area contributed by atoms with Crippen LogP contribution in [0.15, 0.2) is 24.3 Å². The van der Waals surface area contributed by atoms with Gasteiger partial charge in [0.15, 0.2) is 5.25 Å². The van der Waals surface area contributed by atoms with E-state index in [1.807, 2.05) is 24.3 Å². The van der Waals surface area contributed by atoms with Gasteiger partial charge in [-0.2, -0.15) is 0 Å². The van der Waals surface area contributed by atoms with Gasteiger partial charge in [0, 0.05) is 11.0 Å². The quantitative estimate of drug-likeness (QED) is 0.625. The standard InChI is InChI=1S/C17H25O2S/c1-17(2,3)16(20-11-5-6-12-20)15(18)13-7-9-14(19-4)10-8-13/h7-10,16H,5-6,11-12H2,1-4H3/q+1. The second kappa shape index (κ2) is 6.21. The van der Waals surface area contributed by atoms with E-state index in [-0.39, 0.29) is 21.6 Å². The monoisotopic (exact) mass is 293 g/mol. The second-order valence-electron chi connectivity index (χ2n) is 6.49. The molecule has 0 aliphatic carbocycles. The summed E-state index contributed by atoms with van der Waals surface area (Å²) in [5, 5.41) is 0.151. The Bertz CT molecular complexity index is 453. The summed E-state index contributed by atoms with van der Waals surface area (Å²) < 4.78 is 5.17. The van der Waals surface area contributed by atoms with Crippen LogP contribution in [0.25, 0.3) is 0 Å². The van der Waals surface area contributed by atoms with E-state index in [9.17, 15) is 4.79 Å². The van der Waals surface area contributed by atoms with Crippen LogP contribution in [0.5, 0.6) is 5.75 Å². The summed E-state index contributed by atoms with van der Waals surface area (Å²) in [6.45, 7) is 6.60. The summed E-state index contributed by atoms with van der Waals surface area (Å²) in [5.74, 6) is 3.57. The highest BCUT2D eigenvalue weighted by Gasteiger charge is 2.46. The summed E-state index contributed by atoms with van der Waals surface area (Å²) in [6.07, 6.45) is 2.57. The van der Waals surface area contributed by atoms with Crippen molar-refractivity contribution in [1.82, 2.24) is 0 Å². The fraction of sp³-hybridized carbons (Fsp3) is 0.588. The Hall–Kier alpha value is -0.960. The molecular formula is C17H25O2S+. The van der Waals surface area contributed by atoms with Crippen molar-refractivity contribution in [2.45, 2.75) is 38.9 Å². The van der Waals surface area contributed by atoms with Crippen molar-refractivity contribution in [3.63, 3.8) is 0 Å². The molecule has 1 aromatic carbocycles. The predicted molar refractivity (Wildman–Crippen MR) is 86.9 cm³/mol. The third-order valence-electron chi connectivity index (χ3n) is 3.80. The van der Waals surface area contributed by atoms with Gasteiger partial charge in [0.1, 0.15) is 17.3 Å². The molecule has 1 aromatic rings. The molecule has 0 spiro atoms. The first-order valence-corrected chi connectivity index (χ1v) is 8.90. The summed E-state index contributed by atoms with van der Waals surface area (Å²) >= 11 is 0. The number of carbonyl (C=O) groups excluding carboxylic acids is 1. The van der Waals surface area contributed by atoms with Gasteiger partial charge in [0.25, 0.3) is 0 Å². The van der Waals surface area contributed by atoms with Crippen LogP contribution in [0, 0.1) is 5.41 Å². The number of rotatable bonds is 4. The Balaban J connectivity index is 2.25. The number of carbonyl (C=O) groups is 1. The van der Waals surface area contributed by atoms with Gasteiger partial charge in [-0.05, 0) is 48.0 Å². The molecule has 1 unspecified atom stereocenters. The van der Waals surface area contributed by atoms with E-state index < -0.39 is 0 Å². The first-order valence-electron chi connectivity index (χ1n) is 7.28. The molecule has 2 rings (SSSR count). The van der Waals surface area contributed by atoms with Crippen LogP contribution in [0.4, 0.5) is 0 Å². The second-order valence-corrected chi connectivity index (χ2v) is 8.85. The molecule has 1 saturated heterocycles. The molecule has 20 heavy (non-hydrogen) atoms. The summed E-state index contributed by atoms with van der Waals surface area (Å²) in [6, 6.07) is 7.56. The smallest absolute Gasteiger partial charge is 0.215 e. The molecule has 1 aliphatic rings. The first-order chi connectivity index (χ1) is 9.43. The molecule has 1 fully saturated rings. The Morgan fingerprint density at radius 1 is 1.15 bits per heavy atom. The number of methoxy groups -OCH3 is 1. The third kappa shape index (κ3) is 3.38. The maximum atomic E-state index is 12.9. The number of hydrogen-bond acceptors (Lipinski definition) is 2. The lowest BCUT2D eigenvalue weighted by atomic mass is 9.87. The van der Waals surface area contributed by atoms with Crippen LogP contribution >= 0.6 is 0 Å². The topological polar surface area (TPSA) is 26.3 Å². The zero-order valence-electron chi connectivity index (χ0n) is 12.9. The van der Waals surface area contributed by atoms with Gasteiger partial charge in [-0.25, -0.2) is 0 Å². The average molecular weight is 293 g/mol. The summed E-state index contributed by atoms with van der Waals surface area (Å²) in [4.78, 5) is 12.9. The third-order valence-corrected chi connectivity index (χ3v) is 7.01. The van der Waals surface area contributed by atoms with E-state index in [4.69, 9.17) is 4.74 Å². The molecule has 0 aromatic heterocycles. The molecule has 0 bridgehead atoms. The van der Waals surface area contributed by atoms with Gasteiger partial charge in [-0.15, -0.1) is 0 Å². The van der Waals surface area contributed by atoms with Gasteiger partial charge in [0.05, 0.1) is 7.11 Å². The number of ether oxygens (including phenoxy) is 1. The fourth-order valence-corrected chi connectivity index (χ4v) is 6.13. The van der Waals surface area contributed by atoms with Crippen LogP contribution in [-0.4, -0.2) is 29.6 Å². The minimum atomic E-state index is 0.0322. The highest BCUT2D eigenvalue weighted by molar-refractivity contribution is 7.98. The Morgan fingerprint density at radius 3 is 2.15 bits per heavy atom. The molecule has 1 heterocycles. The van der Waals surface area contributed by atoms with Crippen molar-refractivity contribution in [1.29, 1.82) is 0 Å². The minimum Gasteiger partial charge on any atom is -0.497 e. The Morgan fingerprint density at radius 2 is 1.70 bits per heavy atom. The van der Waals surface area contributed by atoms with E-state index in [1.54, 1.807) is 7.11 Å². The van der Waals surface area contributed by atoms with Crippen molar-refractivity contribution in [2.24, 2.45) is 5.41 Å². The van der Waals surface area contributed by atoms with E-state index in [0.29, 0.717) is 5.78 Å². The molecule has 110 valence electrons.